The summed E-state index contributed by atoms with van der Waals surface area (Å²) in [7, 11) is -3.52. The first kappa shape index (κ1) is 15.3. The van der Waals surface area contributed by atoms with Gasteiger partial charge in [-0.05, 0) is 56.1 Å². The van der Waals surface area contributed by atoms with Crippen LogP contribution in [-0.2, 0) is 16.0 Å². The first-order valence-electron chi connectivity index (χ1n) is 6.40. The molecule has 1 aliphatic rings. The van der Waals surface area contributed by atoms with Gasteiger partial charge in [0, 0.05) is 0 Å². The van der Waals surface area contributed by atoms with Crippen molar-refractivity contribution in [1.82, 2.24) is 5.32 Å². The zero-order valence-corrected chi connectivity index (χ0v) is 11.6. The molecule has 0 atom stereocenters. The number of nitrogens with one attached hydrogen (secondary N) is 1. The van der Waals surface area contributed by atoms with Crippen molar-refractivity contribution in [1.29, 1.82) is 0 Å². The number of benzene rings is 1. The minimum atomic E-state index is -4.45. The van der Waals surface area contributed by atoms with Crippen molar-refractivity contribution >= 4 is 9.84 Å². The lowest BCUT2D eigenvalue weighted by atomic mass is 10.0. The van der Waals surface area contributed by atoms with Crippen LogP contribution in [-0.4, -0.2) is 27.3 Å². The summed E-state index contributed by atoms with van der Waals surface area (Å²) in [6.07, 6.45) is -2.89. The zero-order chi connectivity index (χ0) is 14.8. The minimum absolute atomic E-state index is 0.0000442. The predicted molar refractivity (Wildman–Crippen MR) is 69.1 cm³/mol. The number of rotatable bonds is 3. The molecule has 0 aliphatic carbocycles. The van der Waals surface area contributed by atoms with E-state index in [0.29, 0.717) is 0 Å². The van der Waals surface area contributed by atoms with Crippen LogP contribution >= 0.6 is 0 Å². The second-order valence-corrected chi connectivity index (χ2v) is 7.03. The monoisotopic (exact) mass is 307 g/mol. The number of halogens is 3. The molecule has 20 heavy (non-hydrogen) atoms. The van der Waals surface area contributed by atoms with E-state index >= 15 is 0 Å². The average Bonchev–Trinajstić information content (AvgIpc) is 2.38. The molecule has 7 heteroatoms. The SMILES string of the molecule is O=S(=O)(CC1CCNCC1)c1ccc(C(F)(F)F)cc1. The Morgan fingerprint density at radius 1 is 1.10 bits per heavy atom. The summed E-state index contributed by atoms with van der Waals surface area (Å²) in [6.45, 7) is 1.57. The van der Waals surface area contributed by atoms with Crippen LogP contribution in [0.1, 0.15) is 18.4 Å². The van der Waals surface area contributed by atoms with Gasteiger partial charge in [0.2, 0.25) is 0 Å². The number of hydrogen-bond acceptors (Lipinski definition) is 3. The van der Waals surface area contributed by atoms with Crippen molar-refractivity contribution < 1.29 is 21.6 Å². The quantitative estimate of drug-likeness (QED) is 0.933. The Balaban J connectivity index is 2.13. The van der Waals surface area contributed by atoms with Crippen LogP contribution in [0.25, 0.3) is 0 Å². The molecule has 0 unspecified atom stereocenters. The third kappa shape index (κ3) is 3.73. The highest BCUT2D eigenvalue weighted by Gasteiger charge is 2.31. The molecule has 0 amide bonds. The van der Waals surface area contributed by atoms with Crippen molar-refractivity contribution in [2.75, 3.05) is 18.8 Å². The van der Waals surface area contributed by atoms with Crippen molar-refractivity contribution in [3.8, 4) is 0 Å². The lowest BCUT2D eigenvalue weighted by Crippen LogP contribution is -2.31. The number of sulfone groups is 1. The lowest BCUT2D eigenvalue weighted by molar-refractivity contribution is -0.137. The average molecular weight is 307 g/mol. The molecule has 0 saturated carbocycles. The Labute approximate surface area is 116 Å². The maximum Gasteiger partial charge on any atom is 0.416 e. The van der Waals surface area contributed by atoms with E-state index in [1.165, 1.54) is 0 Å². The van der Waals surface area contributed by atoms with Gasteiger partial charge < -0.3 is 5.32 Å². The molecule has 1 saturated heterocycles. The molecule has 2 rings (SSSR count). The van der Waals surface area contributed by atoms with Gasteiger partial charge in [-0.1, -0.05) is 0 Å². The van der Waals surface area contributed by atoms with Crippen LogP contribution in [0.3, 0.4) is 0 Å². The highest BCUT2D eigenvalue weighted by molar-refractivity contribution is 7.91. The zero-order valence-electron chi connectivity index (χ0n) is 10.8. The summed E-state index contributed by atoms with van der Waals surface area (Å²) in [5, 5.41) is 3.14. The molecule has 0 radical (unpaired) electrons. The van der Waals surface area contributed by atoms with Crippen molar-refractivity contribution in [3.63, 3.8) is 0 Å². The van der Waals surface area contributed by atoms with Crippen molar-refractivity contribution in [2.24, 2.45) is 5.92 Å². The Bertz CT molecular complexity index is 546. The van der Waals surface area contributed by atoms with E-state index in [1.807, 2.05) is 0 Å². The molecular formula is C13H16F3NO2S. The van der Waals surface area contributed by atoms with Crippen LogP contribution in [0.4, 0.5) is 13.2 Å². The molecule has 1 heterocycles. The number of hydrogen-bond donors (Lipinski definition) is 1. The van der Waals surface area contributed by atoms with Gasteiger partial charge in [-0.15, -0.1) is 0 Å². The van der Waals surface area contributed by atoms with Gasteiger partial charge in [-0.2, -0.15) is 13.2 Å². The number of piperidine rings is 1. The smallest absolute Gasteiger partial charge is 0.317 e. The predicted octanol–water partition coefficient (Wildman–Crippen LogP) is 2.48. The van der Waals surface area contributed by atoms with E-state index < -0.39 is 21.6 Å². The first-order valence-corrected chi connectivity index (χ1v) is 8.05. The second kappa shape index (κ2) is 5.73. The third-order valence-corrected chi connectivity index (χ3v) is 5.36. The van der Waals surface area contributed by atoms with Gasteiger partial charge >= 0.3 is 6.18 Å². The van der Waals surface area contributed by atoms with E-state index in [0.717, 1.165) is 50.2 Å². The third-order valence-electron chi connectivity index (χ3n) is 3.45. The standard InChI is InChI=1S/C13H16F3NO2S/c14-13(15,16)11-1-3-12(4-2-11)20(18,19)9-10-5-7-17-8-6-10/h1-4,10,17H,5-9H2. The number of alkyl halides is 3. The Kier molecular flexibility index (Phi) is 4.39. The molecule has 1 fully saturated rings. The highest BCUT2D eigenvalue weighted by atomic mass is 32.2. The Hall–Kier alpha value is -1.08. The summed E-state index contributed by atoms with van der Waals surface area (Å²) < 4.78 is 61.6. The van der Waals surface area contributed by atoms with Crippen molar-refractivity contribution in [3.05, 3.63) is 29.8 Å². The fraction of sp³-hybridized carbons (Fsp3) is 0.538. The molecule has 0 spiro atoms. The van der Waals surface area contributed by atoms with E-state index in [4.69, 9.17) is 0 Å². The van der Waals surface area contributed by atoms with E-state index in [9.17, 15) is 21.6 Å². The fourth-order valence-corrected chi connectivity index (χ4v) is 4.00. The fourth-order valence-electron chi connectivity index (χ4n) is 2.31. The molecule has 0 bridgehead atoms. The van der Waals surface area contributed by atoms with E-state index in [-0.39, 0.29) is 16.6 Å². The first-order chi connectivity index (χ1) is 9.29. The molecule has 1 aromatic rings. The normalized spacial score (nSPS) is 18.1. The van der Waals surface area contributed by atoms with Gasteiger partial charge in [0.25, 0.3) is 0 Å². The van der Waals surface area contributed by atoms with Crippen LogP contribution in [0.5, 0.6) is 0 Å². The molecule has 0 aromatic heterocycles. The largest absolute Gasteiger partial charge is 0.416 e. The van der Waals surface area contributed by atoms with E-state index in [2.05, 4.69) is 5.32 Å². The second-order valence-electron chi connectivity index (χ2n) is 5.00. The van der Waals surface area contributed by atoms with Gasteiger partial charge in [0.1, 0.15) is 0 Å². The lowest BCUT2D eigenvalue weighted by Gasteiger charge is -2.22. The van der Waals surface area contributed by atoms with Crippen LogP contribution in [0, 0.1) is 5.92 Å². The summed E-state index contributed by atoms with van der Waals surface area (Å²) >= 11 is 0. The summed E-state index contributed by atoms with van der Waals surface area (Å²) in [5.74, 6) is 0.0728. The Morgan fingerprint density at radius 3 is 2.15 bits per heavy atom. The molecule has 112 valence electrons. The molecule has 1 aromatic carbocycles. The van der Waals surface area contributed by atoms with Gasteiger partial charge in [-0.25, -0.2) is 8.42 Å². The maximum atomic E-state index is 12.4. The molecule has 3 nitrogen and oxygen atoms in total. The van der Waals surface area contributed by atoms with Crippen LogP contribution in [0.15, 0.2) is 29.2 Å². The van der Waals surface area contributed by atoms with Gasteiger partial charge in [0.05, 0.1) is 16.2 Å². The molecule has 1 aliphatic heterocycles. The summed E-state index contributed by atoms with van der Waals surface area (Å²) in [5.41, 5.74) is -0.835. The van der Waals surface area contributed by atoms with Gasteiger partial charge in [0.15, 0.2) is 9.84 Å². The van der Waals surface area contributed by atoms with E-state index in [1.54, 1.807) is 0 Å². The molecular weight excluding hydrogens is 291 g/mol. The molecule has 1 N–H and O–H groups in total. The van der Waals surface area contributed by atoms with Crippen LogP contribution in [0.2, 0.25) is 0 Å². The maximum absolute atomic E-state index is 12.4. The Morgan fingerprint density at radius 2 is 1.65 bits per heavy atom. The summed E-state index contributed by atoms with van der Waals surface area (Å²) in [6, 6.07) is 3.71. The highest BCUT2D eigenvalue weighted by Crippen LogP contribution is 2.30. The van der Waals surface area contributed by atoms with Crippen molar-refractivity contribution in [2.45, 2.75) is 23.9 Å². The summed E-state index contributed by atoms with van der Waals surface area (Å²) in [4.78, 5) is -0.0379. The minimum Gasteiger partial charge on any atom is -0.317 e. The van der Waals surface area contributed by atoms with Gasteiger partial charge in [-0.3, -0.25) is 0 Å². The van der Waals surface area contributed by atoms with Crippen LogP contribution < -0.4 is 5.32 Å². The topological polar surface area (TPSA) is 46.2 Å².